The molecule has 2 aromatic carbocycles. The molecule has 0 aliphatic carbocycles. The van der Waals surface area contributed by atoms with Gasteiger partial charge in [0.2, 0.25) is 0 Å². The number of rotatable bonds is 5. The van der Waals surface area contributed by atoms with Gasteiger partial charge in [-0.15, -0.1) is 0 Å². The van der Waals surface area contributed by atoms with E-state index in [0.29, 0.717) is 17.0 Å². The molecule has 0 aromatic heterocycles. The fourth-order valence-corrected chi connectivity index (χ4v) is 1.89. The molecule has 0 bridgehead atoms. The van der Waals surface area contributed by atoms with Crippen molar-refractivity contribution in [1.29, 1.82) is 0 Å². The van der Waals surface area contributed by atoms with Crippen LogP contribution >= 0.6 is 0 Å². The van der Waals surface area contributed by atoms with E-state index in [1.807, 2.05) is 6.92 Å². The number of carbonyl (C=O) groups is 1. The lowest BCUT2D eigenvalue weighted by Crippen LogP contribution is -2.12. The molecule has 2 aromatic rings. The van der Waals surface area contributed by atoms with Crippen LogP contribution in [0.3, 0.4) is 0 Å². The minimum absolute atomic E-state index is 0.0186. The number of aryl methyl sites for hydroxylation is 1. The zero-order chi connectivity index (χ0) is 14.5. The van der Waals surface area contributed by atoms with Gasteiger partial charge in [-0.2, -0.15) is 0 Å². The van der Waals surface area contributed by atoms with E-state index in [-0.39, 0.29) is 12.4 Å². The summed E-state index contributed by atoms with van der Waals surface area (Å²) in [5.74, 6) is 1.26. The molecule has 104 valence electrons. The molecule has 0 saturated carbocycles. The Kier molecular flexibility index (Phi) is 4.25. The topological polar surface area (TPSA) is 61.5 Å². The van der Waals surface area contributed by atoms with Crippen molar-refractivity contribution in [3.05, 3.63) is 53.6 Å². The largest absolute Gasteiger partial charge is 0.496 e. The Morgan fingerprint density at radius 2 is 2.00 bits per heavy atom. The smallest absolute Gasteiger partial charge is 0.200 e. The predicted octanol–water partition coefficient (Wildman–Crippen LogP) is 2.85. The zero-order valence-electron chi connectivity index (χ0n) is 11.6. The van der Waals surface area contributed by atoms with Crippen molar-refractivity contribution in [3.63, 3.8) is 0 Å². The standard InChI is InChI=1S/C16H17NO3/c1-11-8-12(6-7-16(11)19-2)15(18)10-20-14-5-3-4-13(17)9-14/h3-9H,10,17H2,1-2H3. The average molecular weight is 271 g/mol. The van der Waals surface area contributed by atoms with Crippen LogP contribution in [0.5, 0.6) is 11.5 Å². The number of ether oxygens (including phenoxy) is 2. The summed E-state index contributed by atoms with van der Waals surface area (Å²) >= 11 is 0. The molecule has 4 nitrogen and oxygen atoms in total. The lowest BCUT2D eigenvalue weighted by atomic mass is 10.1. The number of nitrogen functional groups attached to an aromatic ring is 1. The second-order valence-electron chi connectivity index (χ2n) is 4.47. The summed E-state index contributed by atoms with van der Waals surface area (Å²) in [5, 5.41) is 0. The van der Waals surface area contributed by atoms with Crippen LogP contribution in [0, 0.1) is 6.92 Å². The van der Waals surface area contributed by atoms with Crippen molar-refractivity contribution in [3.8, 4) is 11.5 Å². The fourth-order valence-electron chi connectivity index (χ4n) is 1.89. The maximum atomic E-state index is 12.1. The second kappa shape index (κ2) is 6.10. The molecule has 0 saturated heterocycles. The Morgan fingerprint density at radius 3 is 2.65 bits per heavy atom. The summed E-state index contributed by atoms with van der Waals surface area (Å²) in [7, 11) is 1.60. The molecule has 0 fully saturated rings. The second-order valence-corrected chi connectivity index (χ2v) is 4.47. The van der Waals surface area contributed by atoms with E-state index in [1.54, 1.807) is 49.6 Å². The highest BCUT2D eigenvalue weighted by molar-refractivity contribution is 5.97. The van der Waals surface area contributed by atoms with Crippen molar-refractivity contribution in [1.82, 2.24) is 0 Å². The molecule has 0 radical (unpaired) electrons. The average Bonchev–Trinajstić information content (AvgIpc) is 2.44. The van der Waals surface area contributed by atoms with Crippen molar-refractivity contribution >= 4 is 11.5 Å². The van der Waals surface area contributed by atoms with Gasteiger partial charge >= 0.3 is 0 Å². The highest BCUT2D eigenvalue weighted by atomic mass is 16.5. The van der Waals surface area contributed by atoms with Crippen molar-refractivity contribution in [2.24, 2.45) is 0 Å². The molecule has 0 spiro atoms. The monoisotopic (exact) mass is 271 g/mol. The first kappa shape index (κ1) is 13.9. The Bertz CT molecular complexity index is 623. The first-order valence-corrected chi connectivity index (χ1v) is 6.26. The highest BCUT2D eigenvalue weighted by Gasteiger charge is 2.09. The number of Topliss-reactive ketones (excluding diaryl/α,β-unsaturated/α-hetero) is 1. The van der Waals surface area contributed by atoms with Gasteiger partial charge in [-0.05, 0) is 42.8 Å². The normalized spacial score (nSPS) is 10.1. The molecule has 20 heavy (non-hydrogen) atoms. The van der Waals surface area contributed by atoms with E-state index >= 15 is 0 Å². The van der Waals surface area contributed by atoms with Gasteiger partial charge < -0.3 is 15.2 Å². The summed E-state index contributed by atoms with van der Waals surface area (Å²) in [4.78, 5) is 12.1. The van der Waals surface area contributed by atoms with Gasteiger partial charge in [0.25, 0.3) is 0 Å². The quantitative estimate of drug-likeness (QED) is 0.671. The molecule has 2 N–H and O–H groups in total. The fraction of sp³-hybridized carbons (Fsp3) is 0.188. The van der Waals surface area contributed by atoms with Gasteiger partial charge in [0.1, 0.15) is 11.5 Å². The van der Waals surface area contributed by atoms with Gasteiger partial charge in [0.05, 0.1) is 7.11 Å². The maximum Gasteiger partial charge on any atom is 0.200 e. The van der Waals surface area contributed by atoms with Crippen LogP contribution in [0.2, 0.25) is 0 Å². The van der Waals surface area contributed by atoms with E-state index in [4.69, 9.17) is 15.2 Å². The minimum atomic E-state index is -0.0850. The number of hydrogen-bond donors (Lipinski definition) is 1. The van der Waals surface area contributed by atoms with Gasteiger partial charge in [-0.25, -0.2) is 0 Å². The molecule has 0 aliphatic heterocycles. The summed E-state index contributed by atoms with van der Waals surface area (Å²) < 4.78 is 10.6. The molecular weight excluding hydrogens is 254 g/mol. The Hall–Kier alpha value is -2.49. The SMILES string of the molecule is COc1ccc(C(=O)COc2cccc(N)c2)cc1C. The Balaban J connectivity index is 2.03. The third-order valence-corrected chi connectivity index (χ3v) is 2.94. The molecule has 0 amide bonds. The number of anilines is 1. The maximum absolute atomic E-state index is 12.1. The van der Waals surface area contributed by atoms with Crippen LogP contribution in [0.1, 0.15) is 15.9 Å². The van der Waals surface area contributed by atoms with Gasteiger partial charge in [0.15, 0.2) is 12.4 Å². The van der Waals surface area contributed by atoms with E-state index < -0.39 is 0 Å². The molecule has 0 atom stereocenters. The summed E-state index contributed by atoms with van der Waals surface area (Å²) in [6.45, 7) is 1.88. The predicted molar refractivity (Wildman–Crippen MR) is 78.4 cm³/mol. The van der Waals surface area contributed by atoms with E-state index in [2.05, 4.69) is 0 Å². The number of methoxy groups -OCH3 is 1. The van der Waals surface area contributed by atoms with E-state index in [1.165, 1.54) is 0 Å². The molecule has 0 aliphatic rings. The molecule has 0 heterocycles. The summed E-state index contributed by atoms with van der Waals surface area (Å²) in [6.07, 6.45) is 0. The molecular formula is C16H17NO3. The van der Waals surface area contributed by atoms with Crippen LogP contribution in [-0.4, -0.2) is 19.5 Å². The zero-order valence-corrected chi connectivity index (χ0v) is 11.6. The van der Waals surface area contributed by atoms with Crippen LogP contribution in [0.25, 0.3) is 0 Å². The Labute approximate surface area is 118 Å². The number of ketones is 1. The van der Waals surface area contributed by atoms with E-state index in [0.717, 1.165) is 11.3 Å². The minimum Gasteiger partial charge on any atom is -0.496 e. The number of nitrogens with two attached hydrogens (primary N) is 1. The Morgan fingerprint density at radius 1 is 1.20 bits per heavy atom. The number of carbonyl (C=O) groups excluding carboxylic acids is 1. The van der Waals surface area contributed by atoms with Crippen LogP contribution < -0.4 is 15.2 Å². The number of benzene rings is 2. The van der Waals surface area contributed by atoms with Gasteiger partial charge in [-0.1, -0.05) is 6.07 Å². The third-order valence-electron chi connectivity index (χ3n) is 2.94. The summed E-state index contributed by atoms with van der Waals surface area (Å²) in [5.41, 5.74) is 7.78. The third kappa shape index (κ3) is 3.29. The lowest BCUT2D eigenvalue weighted by Gasteiger charge is -2.08. The van der Waals surface area contributed by atoms with Crippen molar-refractivity contribution < 1.29 is 14.3 Å². The molecule has 4 heteroatoms. The van der Waals surface area contributed by atoms with Gasteiger partial charge in [0, 0.05) is 17.3 Å². The molecule has 2 rings (SSSR count). The molecule has 0 unspecified atom stereocenters. The van der Waals surface area contributed by atoms with Crippen LogP contribution in [0.15, 0.2) is 42.5 Å². The van der Waals surface area contributed by atoms with Crippen LogP contribution in [0.4, 0.5) is 5.69 Å². The first-order valence-electron chi connectivity index (χ1n) is 6.26. The van der Waals surface area contributed by atoms with Crippen molar-refractivity contribution in [2.45, 2.75) is 6.92 Å². The van der Waals surface area contributed by atoms with Crippen molar-refractivity contribution in [2.75, 3.05) is 19.5 Å². The van der Waals surface area contributed by atoms with Gasteiger partial charge in [-0.3, -0.25) is 4.79 Å². The van der Waals surface area contributed by atoms with E-state index in [9.17, 15) is 4.79 Å². The first-order chi connectivity index (χ1) is 9.60. The van der Waals surface area contributed by atoms with Crippen LogP contribution in [-0.2, 0) is 0 Å². The summed E-state index contributed by atoms with van der Waals surface area (Å²) in [6, 6.07) is 12.3. The lowest BCUT2D eigenvalue weighted by molar-refractivity contribution is 0.0921. The highest BCUT2D eigenvalue weighted by Crippen LogP contribution is 2.19. The number of hydrogen-bond acceptors (Lipinski definition) is 4.